The number of nitrogens with zero attached hydrogens (tertiary/aromatic N) is 1. The zero-order valence-corrected chi connectivity index (χ0v) is 18.5. The third-order valence-electron chi connectivity index (χ3n) is 7.32. The van der Waals surface area contributed by atoms with E-state index in [0.717, 1.165) is 43.2 Å². The van der Waals surface area contributed by atoms with Crippen molar-refractivity contribution in [1.29, 1.82) is 0 Å². The number of hydrogen-bond donors (Lipinski definition) is 0. The molecule has 0 N–H and O–H groups in total. The summed E-state index contributed by atoms with van der Waals surface area (Å²) in [7, 11) is 0. The summed E-state index contributed by atoms with van der Waals surface area (Å²) >= 11 is 0. The van der Waals surface area contributed by atoms with Crippen molar-refractivity contribution in [3.8, 4) is 0 Å². The Balaban J connectivity index is 1.43. The molecule has 2 heterocycles. The van der Waals surface area contributed by atoms with Gasteiger partial charge in [0.2, 0.25) is 0 Å². The molecular weight excluding hydrogens is 427 g/mol. The fraction of sp³-hybridized carbons (Fsp3) is 0.407. The second kappa shape index (κ2) is 8.15. The molecule has 0 radical (unpaired) electrons. The van der Waals surface area contributed by atoms with Gasteiger partial charge in [-0.05, 0) is 74.8 Å². The van der Waals surface area contributed by atoms with Gasteiger partial charge in [0.15, 0.2) is 11.6 Å². The maximum Gasteiger partial charge on any atom is 0.416 e. The number of carbonyl (C=O) groups is 2. The largest absolute Gasteiger partial charge is 0.416 e. The Kier molecular flexibility index (Phi) is 5.42. The Morgan fingerprint density at radius 1 is 1.03 bits per heavy atom. The first-order chi connectivity index (χ1) is 15.7. The van der Waals surface area contributed by atoms with Crippen molar-refractivity contribution in [2.24, 2.45) is 0 Å². The number of rotatable bonds is 4. The Labute approximate surface area is 191 Å². The van der Waals surface area contributed by atoms with Gasteiger partial charge in [-0.25, -0.2) is 0 Å². The third kappa shape index (κ3) is 4.00. The first kappa shape index (κ1) is 21.9. The van der Waals surface area contributed by atoms with Gasteiger partial charge in [0.05, 0.1) is 11.1 Å². The van der Waals surface area contributed by atoms with Gasteiger partial charge in [0, 0.05) is 29.8 Å². The minimum Gasteiger partial charge on any atom is -0.366 e. The molecule has 2 aliphatic heterocycles. The van der Waals surface area contributed by atoms with Crippen LogP contribution in [-0.2, 0) is 23.8 Å². The molecule has 2 aromatic rings. The molecule has 0 spiro atoms. The number of hydrogen-bond acceptors (Lipinski definition) is 3. The lowest BCUT2D eigenvalue weighted by atomic mass is 9.85. The van der Waals surface area contributed by atoms with Crippen LogP contribution < -0.4 is 4.90 Å². The fourth-order valence-corrected chi connectivity index (χ4v) is 5.72. The van der Waals surface area contributed by atoms with E-state index in [1.807, 2.05) is 19.1 Å². The third-order valence-corrected chi connectivity index (χ3v) is 7.32. The second-order valence-corrected chi connectivity index (χ2v) is 9.47. The number of carbonyl (C=O) groups excluding carboxylic acids is 2. The Morgan fingerprint density at radius 2 is 1.76 bits per heavy atom. The highest BCUT2D eigenvalue weighted by molar-refractivity contribution is 6.27. The van der Waals surface area contributed by atoms with Crippen molar-refractivity contribution in [2.45, 2.75) is 70.1 Å². The van der Waals surface area contributed by atoms with Crippen LogP contribution in [0.5, 0.6) is 0 Å². The predicted molar refractivity (Wildman–Crippen MR) is 121 cm³/mol. The van der Waals surface area contributed by atoms with Crippen molar-refractivity contribution < 1.29 is 22.8 Å². The highest BCUT2D eigenvalue weighted by Crippen LogP contribution is 2.42. The summed E-state index contributed by atoms with van der Waals surface area (Å²) in [5.41, 5.74) is 1.91. The van der Waals surface area contributed by atoms with E-state index in [2.05, 4.69) is 4.90 Å². The van der Waals surface area contributed by atoms with Crippen LogP contribution in [0, 0.1) is 6.92 Å². The van der Waals surface area contributed by atoms with Crippen molar-refractivity contribution in [3.63, 3.8) is 0 Å². The number of ketones is 2. The number of halogens is 3. The number of allylic oxidation sites excluding steroid dienone is 2. The molecule has 3 aliphatic rings. The van der Waals surface area contributed by atoms with Gasteiger partial charge in [-0.1, -0.05) is 29.8 Å². The standard InChI is InChI=1S/C27H26F3NO2/c1-16-5-6-17-8-12-22(26(33)23(17)13-16)25(32)14-18-7-9-21(15-24(18)27(28,29)30)31-19-3-2-4-20(31)11-10-19/h5-7,9,12-13,15,19-20H,2-4,8,10-11,14H2,1H3. The first-order valence-corrected chi connectivity index (χ1v) is 11.6. The number of alkyl halides is 3. The van der Waals surface area contributed by atoms with Crippen molar-refractivity contribution >= 4 is 17.3 Å². The molecule has 1 aliphatic carbocycles. The number of piperidine rings is 1. The lowest BCUT2D eigenvalue weighted by Crippen LogP contribution is -2.39. The zero-order chi connectivity index (χ0) is 23.3. The topological polar surface area (TPSA) is 37.4 Å². The van der Waals surface area contributed by atoms with Crippen molar-refractivity contribution in [2.75, 3.05) is 4.90 Å². The summed E-state index contributed by atoms with van der Waals surface area (Å²) in [5.74, 6) is -0.969. The molecule has 2 saturated heterocycles. The maximum absolute atomic E-state index is 14.0. The molecule has 2 atom stereocenters. The quantitative estimate of drug-likeness (QED) is 0.532. The summed E-state index contributed by atoms with van der Waals surface area (Å²) in [6.07, 6.45) is 2.13. The predicted octanol–water partition coefficient (Wildman–Crippen LogP) is 6.01. The van der Waals surface area contributed by atoms with Gasteiger partial charge >= 0.3 is 6.18 Å². The van der Waals surface area contributed by atoms with Gasteiger partial charge in [0.1, 0.15) is 0 Å². The summed E-state index contributed by atoms with van der Waals surface area (Å²) < 4.78 is 42.0. The molecule has 2 unspecified atom stereocenters. The van der Waals surface area contributed by atoms with Crippen LogP contribution in [0.3, 0.4) is 0 Å². The van der Waals surface area contributed by atoms with Gasteiger partial charge < -0.3 is 4.90 Å². The molecule has 2 bridgehead atoms. The van der Waals surface area contributed by atoms with Crippen LogP contribution in [0.2, 0.25) is 0 Å². The van der Waals surface area contributed by atoms with Gasteiger partial charge in [-0.15, -0.1) is 0 Å². The number of benzene rings is 2. The Hall–Kier alpha value is -2.89. The molecule has 2 aromatic carbocycles. The van der Waals surface area contributed by atoms with Crippen LogP contribution in [0.1, 0.15) is 64.7 Å². The van der Waals surface area contributed by atoms with Crippen molar-refractivity contribution in [1.82, 2.24) is 0 Å². The van der Waals surface area contributed by atoms with Gasteiger partial charge in [-0.3, -0.25) is 9.59 Å². The molecule has 0 saturated carbocycles. The summed E-state index contributed by atoms with van der Waals surface area (Å²) in [6, 6.07) is 10.4. The lowest BCUT2D eigenvalue weighted by Gasteiger charge is -2.37. The summed E-state index contributed by atoms with van der Waals surface area (Å²) in [5, 5.41) is 0. The minimum absolute atomic E-state index is 0.0145. The van der Waals surface area contributed by atoms with Gasteiger partial charge in [0.25, 0.3) is 0 Å². The van der Waals surface area contributed by atoms with Crippen molar-refractivity contribution in [3.05, 3.63) is 75.9 Å². The average Bonchev–Trinajstić information content (AvgIpc) is 3.02. The molecule has 3 nitrogen and oxygen atoms in total. The van der Waals surface area contributed by atoms with Crippen LogP contribution in [0.15, 0.2) is 48.0 Å². The van der Waals surface area contributed by atoms with E-state index < -0.39 is 29.7 Å². The monoisotopic (exact) mass is 453 g/mol. The maximum atomic E-state index is 14.0. The molecule has 0 amide bonds. The smallest absolute Gasteiger partial charge is 0.366 e. The van der Waals surface area contributed by atoms with E-state index in [1.54, 1.807) is 18.2 Å². The molecular formula is C27H26F3NO2. The minimum atomic E-state index is -4.57. The number of aryl methyl sites for hydroxylation is 1. The normalized spacial score (nSPS) is 22.2. The van der Waals surface area contributed by atoms with Crippen LogP contribution in [0.4, 0.5) is 18.9 Å². The molecule has 5 rings (SSSR count). The molecule has 33 heavy (non-hydrogen) atoms. The highest BCUT2D eigenvalue weighted by Gasteiger charge is 2.39. The molecule has 6 heteroatoms. The van der Waals surface area contributed by atoms with E-state index in [4.69, 9.17) is 0 Å². The average molecular weight is 454 g/mol. The first-order valence-electron chi connectivity index (χ1n) is 11.6. The van der Waals surface area contributed by atoms with E-state index in [1.165, 1.54) is 12.1 Å². The molecule has 172 valence electrons. The van der Waals surface area contributed by atoms with E-state index in [9.17, 15) is 22.8 Å². The number of fused-ring (bicyclic) bond motifs is 3. The lowest BCUT2D eigenvalue weighted by molar-refractivity contribution is -0.138. The van der Waals surface area contributed by atoms with E-state index in [0.29, 0.717) is 29.8 Å². The highest BCUT2D eigenvalue weighted by atomic mass is 19.4. The zero-order valence-electron chi connectivity index (χ0n) is 18.5. The Bertz CT molecular complexity index is 1150. The van der Waals surface area contributed by atoms with E-state index in [-0.39, 0.29) is 11.1 Å². The van der Waals surface area contributed by atoms with Crippen LogP contribution >= 0.6 is 0 Å². The summed E-state index contributed by atoms with van der Waals surface area (Å²) in [6.45, 7) is 1.86. The van der Waals surface area contributed by atoms with Gasteiger partial charge in [-0.2, -0.15) is 13.2 Å². The fourth-order valence-electron chi connectivity index (χ4n) is 5.72. The molecule has 0 aromatic heterocycles. The summed E-state index contributed by atoms with van der Waals surface area (Å²) in [4.78, 5) is 28.0. The number of anilines is 1. The van der Waals surface area contributed by atoms with E-state index >= 15 is 0 Å². The Morgan fingerprint density at radius 3 is 2.45 bits per heavy atom. The second-order valence-electron chi connectivity index (χ2n) is 9.47. The number of Topliss-reactive ketones (excluding diaryl/α,β-unsaturated/α-hetero) is 2. The van der Waals surface area contributed by atoms with Crippen LogP contribution in [-0.4, -0.2) is 23.7 Å². The molecule has 2 fully saturated rings. The SMILES string of the molecule is Cc1ccc2c(c1)C(=O)C(C(=O)Cc1ccc(N3C4CCCC3CC4)cc1C(F)(F)F)=CC2. The van der Waals surface area contributed by atoms with Crippen LogP contribution in [0.25, 0.3) is 0 Å².